The molecule has 0 fully saturated rings. The van der Waals surface area contributed by atoms with Gasteiger partial charge in [-0.2, -0.15) is 0 Å². The average Bonchev–Trinajstić information content (AvgIpc) is 3.67. The summed E-state index contributed by atoms with van der Waals surface area (Å²) >= 11 is 0. The topological polar surface area (TPSA) is 51.8 Å². The van der Waals surface area contributed by atoms with Crippen molar-refractivity contribution in [2.24, 2.45) is 0 Å². The fourth-order valence-electron chi connectivity index (χ4n) is 7.93. The Kier molecular flexibility index (Phi) is 6.29. The first-order valence-electron chi connectivity index (χ1n) is 17.0. The largest absolute Gasteiger partial charge is 0.455 e. The molecule has 9 aromatic rings. The number of para-hydroxylation sites is 1. The Balaban J connectivity index is 1.32. The molecule has 0 saturated carbocycles. The van der Waals surface area contributed by atoms with E-state index in [0.717, 1.165) is 60.5 Å². The SMILES string of the molecule is C[Si]1(C)c2ccccc2-c2c1cc(-c1nc(-c3ccccc3-c3ccccc3)nc(-c3cccc4ccccc34)n1)c1c2oc2ccccc21. The van der Waals surface area contributed by atoms with Crippen LogP contribution in [0.1, 0.15) is 0 Å². The van der Waals surface area contributed by atoms with E-state index in [1.165, 1.54) is 21.5 Å². The Hall–Kier alpha value is -6.17. The van der Waals surface area contributed by atoms with E-state index >= 15 is 0 Å². The van der Waals surface area contributed by atoms with E-state index in [9.17, 15) is 0 Å². The summed E-state index contributed by atoms with van der Waals surface area (Å²) in [6, 6.07) is 53.2. The normalized spacial score (nSPS) is 13.2. The van der Waals surface area contributed by atoms with Gasteiger partial charge in [0, 0.05) is 33.0 Å². The molecule has 7 aromatic carbocycles. The molecule has 4 nitrogen and oxygen atoms in total. The predicted octanol–water partition coefficient (Wildman–Crippen LogP) is 10.4. The molecule has 0 unspecified atom stereocenters. The zero-order chi connectivity index (χ0) is 33.4. The van der Waals surface area contributed by atoms with Gasteiger partial charge in [-0.05, 0) is 50.0 Å². The molecule has 5 heteroatoms. The number of aromatic nitrogens is 3. The van der Waals surface area contributed by atoms with Crippen LogP contribution in [-0.2, 0) is 0 Å². The number of benzene rings is 7. The summed E-state index contributed by atoms with van der Waals surface area (Å²) in [7, 11) is -2.09. The maximum atomic E-state index is 6.82. The minimum atomic E-state index is -2.09. The van der Waals surface area contributed by atoms with Crippen molar-refractivity contribution in [3.63, 3.8) is 0 Å². The van der Waals surface area contributed by atoms with Gasteiger partial charge in [-0.15, -0.1) is 0 Å². The van der Waals surface area contributed by atoms with Gasteiger partial charge in [-0.25, -0.2) is 15.0 Å². The Bertz CT molecular complexity index is 2800. The van der Waals surface area contributed by atoms with Crippen molar-refractivity contribution in [3.05, 3.63) is 152 Å². The smallest absolute Gasteiger partial charge is 0.164 e. The van der Waals surface area contributed by atoms with Crippen molar-refractivity contribution in [2.75, 3.05) is 0 Å². The highest BCUT2D eigenvalue weighted by Gasteiger charge is 2.40. The molecule has 0 aliphatic carbocycles. The maximum Gasteiger partial charge on any atom is 0.164 e. The number of furan rings is 1. The molecule has 0 spiro atoms. The fourth-order valence-corrected chi connectivity index (χ4v) is 11.0. The van der Waals surface area contributed by atoms with Gasteiger partial charge in [0.05, 0.1) is 0 Å². The monoisotopic (exact) mass is 657 g/mol. The molecule has 10 rings (SSSR count). The van der Waals surface area contributed by atoms with E-state index in [0.29, 0.717) is 17.5 Å². The summed E-state index contributed by atoms with van der Waals surface area (Å²) in [5, 5.41) is 7.12. The lowest BCUT2D eigenvalue weighted by molar-refractivity contribution is 0.670. The lowest BCUT2D eigenvalue weighted by Crippen LogP contribution is -2.49. The molecule has 0 bridgehead atoms. The summed E-state index contributed by atoms with van der Waals surface area (Å²) in [5.41, 5.74) is 9.35. The average molecular weight is 658 g/mol. The van der Waals surface area contributed by atoms with Crippen LogP contribution in [0.5, 0.6) is 0 Å². The lowest BCUT2D eigenvalue weighted by Gasteiger charge is -2.20. The molecular formula is C45H31N3OSi. The van der Waals surface area contributed by atoms with Gasteiger partial charge in [0.25, 0.3) is 0 Å². The highest BCUT2D eigenvalue weighted by Crippen LogP contribution is 2.44. The summed E-state index contributed by atoms with van der Waals surface area (Å²) < 4.78 is 6.82. The van der Waals surface area contributed by atoms with Gasteiger partial charge in [0.2, 0.25) is 0 Å². The summed E-state index contributed by atoms with van der Waals surface area (Å²) in [4.78, 5) is 16.0. The van der Waals surface area contributed by atoms with Crippen molar-refractivity contribution < 1.29 is 4.42 Å². The zero-order valence-electron chi connectivity index (χ0n) is 27.7. The molecule has 0 atom stereocenters. The standard InChI is InChI=1S/C45H31N3OSi/c1-50(2)38-26-13-11-23-35(38)41-39(50)27-36(40-34-22-10-12-25-37(34)49-42(40)41)45-47-43(32-21-9-8-20-30(32)28-15-4-3-5-16-28)46-44(48-45)33-24-14-18-29-17-6-7-19-31(29)33/h3-27H,1-2H3. The van der Waals surface area contributed by atoms with E-state index < -0.39 is 8.07 Å². The molecule has 3 heterocycles. The van der Waals surface area contributed by atoms with Gasteiger partial charge in [-0.3, -0.25) is 0 Å². The Morgan fingerprint density at radius 3 is 1.86 bits per heavy atom. The Morgan fingerprint density at radius 1 is 0.460 bits per heavy atom. The van der Waals surface area contributed by atoms with Crippen LogP contribution in [0.3, 0.4) is 0 Å². The van der Waals surface area contributed by atoms with Crippen LogP contribution in [0.15, 0.2) is 156 Å². The van der Waals surface area contributed by atoms with Crippen LogP contribution in [0, 0.1) is 0 Å². The van der Waals surface area contributed by atoms with Gasteiger partial charge in [0.1, 0.15) is 19.2 Å². The molecule has 0 saturated heterocycles. The van der Waals surface area contributed by atoms with Crippen LogP contribution in [0.4, 0.5) is 0 Å². The minimum Gasteiger partial charge on any atom is -0.455 e. The van der Waals surface area contributed by atoms with Crippen LogP contribution in [0.25, 0.3) is 89.1 Å². The third-order valence-corrected chi connectivity index (χ3v) is 13.9. The van der Waals surface area contributed by atoms with Crippen LogP contribution >= 0.6 is 0 Å². The zero-order valence-corrected chi connectivity index (χ0v) is 28.7. The first-order valence-corrected chi connectivity index (χ1v) is 20.0. The number of hydrogen-bond acceptors (Lipinski definition) is 4. The maximum absolute atomic E-state index is 6.82. The molecule has 236 valence electrons. The Morgan fingerprint density at radius 2 is 1.04 bits per heavy atom. The van der Waals surface area contributed by atoms with Gasteiger partial charge < -0.3 is 4.42 Å². The molecule has 0 radical (unpaired) electrons. The first-order chi connectivity index (χ1) is 24.6. The highest BCUT2D eigenvalue weighted by atomic mass is 28.3. The summed E-state index contributed by atoms with van der Waals surface area (Å²) in [6.45, 7) is 4.87. The van der Waals surface area contributed by atoms with Gasteiger partial charge in [0.15, 0.2) is 17.5 Å². The highest BCUT2D eigenvalue weighted by molar-refractivity contribution is 7.04. The minimum absolute atomic E-state index is 0.638. The second kappa shape index (κ2) is 10.9. The van der Waals surface area contributed by atoms with Crippen molar-refractivity contribution >= 4 is 51.2 Å². The second-order valence-corrected chi connectivity index (χ2v) is 17.9. The quantitative estimate of drug-likeness (QED) is 0.177. The number of rotatable bonds is 4. The van der Waals surface area contributed by atoms with Gasteiger partial charge >= 0.3 is 0 Å². The molecule has 1 aliphatic heterocycles. The molecule has 2 aromatic heterocycles. The van der Waals surface area contributed by atoms with Crippen LogP contribution < -0.4 is 10.4 Å². The number of fused-ring (bicyclic) bond motifs is 8. The van der Waals surface area contributed by atoms with Crippen molar-refractivity contribution in [3.8, 4) is 56.4 Å². The van der Waals surface area contributed by atoms with E-state index in [1.807, 2.05) is 12.1 Å². The molecule has 50 heavy (non-hydrogen) atoms. The fraction of sp³-hybridized carbons (Fsp3) is 0.0444. The third-order valence-electron chi connectivity index (χ3n) is 10.4. The molecule has 0 amide bonds. The number of nitrogens with zero attached hydrogens (tertiary/aromatic N) is 3. The molecule has 1 aliphatic rings. The third kappa shape index (κ3) is 4.27. The summed E-state index contributed by atoms with van der Waals surface area (Å²) in [6.07, 6.45) is 0. The van der Waals surface area contributed by atoms with E-state index in [4.69, 9.17) is 19.4 Å². The van der Waals surface area contributed by atoms with E-state index in [2.05, 4.69) is 153 Å². The van der Waals surface area contributed by atoms with Crippen molar-refractivity contribution in [2.45, 2.75) is 13.1 Å². The molecular weight excluding hydrogens is 627 g/mol. The predicted molar refractivity (Wildman–Crippen MR) is 209 cm³/mol. The Labute approximate surface area is 290 Å². The second-order valence-electron chi connectivity index (χ2n) is 13.6. The van der Waals surface area contributed by atoms with Crippen LogP contribution in [0.2, 0.25) is 13.1 Å². The number of hydrogen-bond donors (Lipinski definition) is 0. The van der Waals surface area contributed by atoms with E-state index in [-0.39, 0.29) is 0 Å². The first kappa shape index (κ1) is 28.8. The summed E-state index contributed by atoms with van der Waals surface area (Å²) in [5.74, 6) is 1.92. The lowest BCUT2D eigenvalue weighted by atomic mass is 9.97. The van der Waals surface area contributed by atoms with Crippen molar-refractivity contribution in [1.29, 1.82) is 0 Å². The van der Waals surface area contributed by atoms with E-state index in [1.54, 1.807) is 0 Å². The molecule has 0 N–H and O–H groups in total. The van der Waals surface area contributed by atoms with Crippen LogP contribution in [-0.4, -0.2) is 23.0 Å². The van der Waals surface area contributed by atoms with Crippen molar-refractivity contribution in [1.82, 2.24) is 15.0 Å². The van der Waals surface area contributed by atoms with Gasteiger partial charge in [-0.1, -0.05) is 153 Å².